The van der Waals surface area contributed by atoms with E-state index in [0.29, 0.717) is 0 Å². The summed E-state index contributed by atoms with van der Waals surface area (Å²) in [5.74, 6) is 0.759. The van der Waals surface area contributed by atoms with Crippen LogP contribution in [0.25, 0.3) is 43.5 Å². The standard InChI is InChI=1S/4C10H9N.3C5H6N2.C4H5N3.8C2H6/c1-8-6-9-4-2-3-5-10(9)7-11-8;1-8-6-9-4-2-3-5-10(9)11-7-8;1-8-6-7-11-10-5-3-2-4-9(8)10;1-8-6-7-9-4-2-3-5-10(9)11-8;1-5-2-6-4-7-3-5;1-5-4-6-2-3-7-5;1-5-2-3-6-4-7-5;1-4-6-2-5-3-7-4;8*1-2/h4*2-7H,1H3;3*2-4H,1H3;2-3H,1H3;8*1-2H3. The molecule has 0 unspecified atom stereocenters. The van der Waals surface area contributed by atoms with Crippen molar-refractivity contribution in [1.29, 1.82) is 0 Å². The fraction of sp³-hybridized carbons (Fsp3) is 0.320. The summed E-state index contributed by atoms with van der Waals surface area (Å²) in [6.45, 7) is 47.8. The zero-order chi connectivity index (χ0) is 67.2. The van der Waals surface area contributed by atoms with Gasteiger partial charge in [0.05, 0.1) is 22.2 Å². The first-order valence-corrected chi connectivity index (χ1v) is 31.0. The van der Waals surface area contributed by atoms with Crippen LogP contribution in [0.2, 0.25) is 0 Å². The molecule has 0 atom stereocenters. The molecule has 12 aromatic rings. The van der Waals surface area contributed by atoms with E-state index in [1.165, 1.54) is 63.4 Å². The minimum atomic E-state index is 0.759. The molecule has 0 bridgehead atoms. The van der Waals surface area contributed by atoms with Crippen molar-refractivity contribution >= 4 is 43.5 Å². The lowest BCUT2D eigenvalue weighted by Crippen LogP contribution is -1.84. The van der Waals surface area contributed by atoms with Crippen molar-refractivity contribution in [2.75, 3.05) is 0 Å². The summed E-state index contributed by atoms with van der Waals surface area (Å²) in [5.41, 5.74) is 10.9. The topological polar surface area (TPSA) is 168 Å². The van der Waals surface area contributed by atoms with Crippen molar-refractivity contribution in [3.8, 4) is 0 Å². The Morgan fingerprint density at radius 1 is 0.250 bits per heavy atom. The molecule has 8 heterocycles. The maximum Gasteiger partial charge on any atom is 0.128 e. The number of rotatable bonds is 0. The number of fused-ring (bicyclic) bond motifs is 4. The zero-order valence-electron chi connectivity index (χ0n) is 58.0. The van der Waals surface area contributed by atoms with Gasteiger partial charge in [0.25, 0.3) is 0 Å². The highest BCUT2D eigenvalue weighted by atomic mass is 15.0. The van der Waals surface area contributed by atoms with Crippen molar-refractivity contribution in [3.05, 3.63) is 260 Å². The quantitative estimate of drug-likeness (QED) is 0.141. The SMILES string of the molecule is CC.CC.CC.CC.CC.CC.CC.CC.Cc1cc2ccccc2cn1.Cc1ccc2ccccc2n1.Cc1ccnc2ccccc12.Cc1ccncn1.Cc1cnc2ccccc2c1.Cc1cnccn1.Cc1cncnc1.Cc1ncncn1. The normalized spacial score (nSPS) is 8.45. The first-order valence-electron chi connectivity index (χ1n) is 31.0. The summed E-state index contributed by atoms with van der Waals surface area (Å²) in [6, 6.07) is 44.9. The smallest absolute Gasteiger partial charge is 0.128 e. The number of para-hydroxylation sites is 3. The highest BCUT2D eigenvalue weighted by Gasteiger charge is 1.95. The van der Waals surface area contributed by atoms with Crippen LogP contribution in [-0.2, 0) is 0 Å². The third-order valence-corrected chi connectivity index (χ3v) is 9.83. The Morgan fingerprint density at radius 2 is 0.784 bits per heavy atom. The average Bonchev–Trinajstić information content (AvgIpc) is 2.57. The molecule has 0 saturated carbocycles. The fourth-order valence-corrected chi connectivity index (χ4v) is 6.18. The van der Waals surface area contributed by atoms with Crippen LogP contribution >= 0.6 is 0 Å². The molecule has 0 aliphatic rings. The van der Waals surface area contributed by atoms with E-state index in [2.05, 4.69) is 127 Å². The van der Waals surface area contributed by atoms with Gasteiger partial charge in [-0.2, -0.15) is 0 Å². The van der Waals surface area contributed by atoms with Crippen molar-refractivity contribution in [1.82, 2.24) is 64.8 Å². The van der Waals surface area contributed by atoms with Crippen LogP contribution in [0.5, 0.6) is 0 Å². The molecule has 472 valence electrons. The maximum atomic E-state index is 4.38. The molecule has 0 aliphatic carbocycles. The van der Waals surface area contributed by atoms with Gasteiger partial charge in [-0.15, -0.1) is 0 Å². The molecule has 88 heavy (non-hydrogen) atoms. The third kappa shape index (κ3) is 40.9. The van der Waals surface area contributed by atoms with Crippen molar-refractivity contribution in [2.45, 2.75) is 166 Å². The number of pyridine rings is 4. The van der Waals surface area contributed by atoms with Gasteiger partial charge >= 0.3 is 0 Å². The van der Waals surface area contributed by atoms with Gasteiger partial charge < -0.3 is 0 Å². The first kappa shape index (κ1) is 85.2. The maximum absolute atomic E-state index is 4.38. The number of hydrogen-bond donors (Lipinski definition) is 0. The molecule has 0 saturated heterocycles. The summed E-state index contributed by atoms with van der Waals surface area (Å²) < 4.78 is 0. The van der Waals surface area contributed by atoms with Gasteiger partial charge in [-0.1, -0.05) is 196 Å². The largest absolute Gasteiger partial charge is 0.261 e. The monoisotopic (exact) mass is 1190 g/mol. The molecule has 0 aliphatic heterocycles. The summed E-state index contributed by atoms with van der Waals surface area (Å²) in [5, 5.41) is 6.14. The molecule has 8 aromatic heterocycles. The van der Waals surface area contributed by atoms with Gasteiger partial charge in [0.1, 0.15) is 31.1 Å². The van der Waals surface area contributed by atoms with Gasteiger partial charge in [-0.3, -0.25) is 29.9 Å². The second-order valence-corrected chi connectivity index (χ2v) is 16.0. The highest BCUT2D eigenvalue weighted by molar-refractivity contribution is 5.82. The summed E-state index contributed by atoms with van der Waals surface area (Å²) in [7, 11) is 0. The molecule has 13 nitrogen and oxygen atoms in total. The van der Waals surface area contributed by atoms with E-state index in [1.54, 1.807) is 37.2 Å². The van der Waals surface area contributed by atoms with E-state index in [4.69, 9.17) is 0 Å². The van der Waals surface area contributed by atoms with Crippen molar-refractivity contribution in [2.24, 2.45) is 0 Å². The fourth-order valence-electron chi connectivity index (χ4n) is 6.18. The first-order chi connectivity index (χ1) is 43.0. The minimum Gasteiger partial charge on any atom is -0.261 e. The van der Waals surface area contributed by atoms with E-state index in [1.807, 2.05) is 256 Å². The van der Waals surface area contributed by atoms with E-state index in [-0.39, 0.29) is 0 Å². The van der Waals surface area contributed by atoms with Crippen LogP contribution in [0.3, 0.4) is 0 Å². The van der Waals surface area contributed by atoms with Crippen molar-refractivity contribution < 1.29 is 0 Å². The number of hydrogen-bond acceptors (Lipinski definition) is 13. The zero-order valence-corrected chi connectivity index (χ0v) is 58.0. The summed E-state index contributed by atoms with van der Waals surface area (Å²) >= 11 is 0. The average molecular weight is 1190 g/mol. The number of benzene rings is 4. The number of nitrogens with zero attached hydrogens (tertiary/aromatic N) is 13. The van der Waals surface area contributed by atoms with E-state index in [9.17, 15) is 0 Å². The van der Waals surface area contributed by atoms with Crippen LogP contribution in [0.15, 0.2) is 215 Å². The van der Waals surface area contributed by atoms with Crippen molar-refractivity contribution in [3.63, 3.8) is 0 Å². The van der Waals surface area contributed by atoms with Gasteiger partial charge in [0.2, 0.25) is 0 Å². The number of aromatic nitrogens is 13. The van der Waals surface area contributed by atoms with Crippen LogP contribution in [0.1, 0.15) is 156 Å². The summed E-state index contributed by atoms with van der Waals surface area (Å²) in [4.78, 5) is 51.1. The van der Waals surface area contributed by atoms with E-state index >= 15 is 0 Å². The molecule has 4 aromatic carbocycles. The molecular weight excluding hydrogens is 1080 g/mol. The van der Waals surface area contributed by atoms with Crippen LogP contribution < -0.4 is 0 Å². The minimum absolute atomic E-state index is 0.759. The second-order valence-electron chi connectivity index (χ2n) is 16.0. The lowest BCUT2D eigenvalue weighted by atomic mass is 10.1. The molecule has 0 fully saturated rings. The van der Waals surface area contributed by atoms with Gasteiger partial charge in [0, 0.05) is 94.4 Å². The van der Waals surface area contributed by atoms with Crippen LogP contribution in [0.4, 0.5) is 0 Å². The number of aryl methyl sites for hydroxylation is 8. The predicted octanol–water partition coefficient (Wildman–Crippen LogP) is 20.9. The lowest BCUT2D eigenvalue weighted by Gasteiger charge is -1.97. The Kier molecular flexibility index (Phi) is 59.0. The Bertz CT molecular complexity index is 3060. The molecule has 12 rings (SSSR count). The molecule has 0 radical (unpaired) electrons. The van der Waals surface area contributed by atoms with Crippen LogP contribution in [-0.4, -0.2) is 64.8 Å². The lowest BCUT2D eigenvalue weighted by molar-refractivity contribution is 0.974. The highest BCUT2D eigenvalue weighted by Crippen LogP contribution is 2.15. The molecule has 13 heteroatoms. The van der Waals surface area contributed by atoms with Crippen LogP contribution in [0, 0.1) is 55.4 Å². The molecule has 0 amide bonds. The van der Waals surface area contributed by atoms with Gasteiger partial charge in [0.15, 0.2) is 0 Å². The molecular formula is C75H107N13. The summed E-state index contributed by atoms with van der Waals surface area (Å²) in [6.07, 6.45) is 22.0. The Labute approximate surface area is 531 Å². The van der Waals surface area contributed by atoms with E-state index in [0.717, 1.165) is 50.7 Å². The Hall–Kier alpha value is -9.23. The van der Waals surface area contributed by atoms with E-state index < -0.39 is 0 Å². The third-order valence-electron chi connectivity index (χ3n) is 9.83. The van der Waals surface area contributed by atoms with Gasteiger partial charge in [-0.05, 0) is 126 Å². The van der Waals surface area contributed by atoms with Gasteiger partial charge in [-0.25, -0.2) is 34.9 Å². The second kappa shape index (κ2) is 60.9. The molecule has 0 N–H and O–H groups in total. The Morgan fingerprint density at radius 3 is 1.26 bits per heavy atom. The molecule has 0 spiro atoms. The predicted molar refractivity (Wildman–Crippen MR) is 382 cm³/mol. The Balaban J connectivity index is -0.000000446.